The number of ether oxygens (including phenoxy) is 1. The Kier molecular flexibility index (Phi) is 5.51. The Morgan fingerprint density at radius 2 is 2.06 bits per heavy atom. The molecule has 1 aromatic carbocycles. The van der Waals surface area contributed by atoms with Crippen molar-refractivity contribution >= 4 is 0 Å². The lowest BCUT2D eigenvalue weighted by molar-refractivity contribution is 0.240. The highest BCUT2D eigenvalue weighted by Crippen LogP contribution is 2.24. The van der Waals surface area contributed by atoms with Crippen LogP contribution < -0.4 is 10.3 Å². The van der Waals surface area contributed by atoms with Crippen molar-refractivity contribution in [2.45, 2.75) is 26.1 Å². The Morgan fingerprint density at radius 3 is 2.84 bits per heavy atom. The average Bonchev–Trinajstić information content (AvgIpc) is 3.33. The van der Waals surface area contributed by atoms with Gasteiger partial charge in [-0.1, -0.05) is 12.1 Å². The van der Waals surface area contributed by atoms with E-state index in [9.17, 15) is 4.79 Å². The molecule has 4 heterocycles. The van der Waals surface area contributed by atoms with Gasteiger partial charge in [-0.2, -0.15) is 5.10 Å². The van der Waals surface area contributed by atoms with Gasteiger partial charge in [0.15, 0.2) is 5.82 Å². The van der Waals surface area contributed by atoms with Crippen LogP contribution in [0.3, 0.4) is 0 Å². The van der Waals surface area contributed by atoms with Crippen LogP contribution in [-0.4, -0.2) is 43.3 Å². The number of methoxy groups -OCH3 is 1. The number of benzene rings is 1. The molecule has 4 aromatic rings. The van der Waals surface area contributed by atoms with E-state index in [1.807, 2.05) is 41.2 Å². The Morgan fingerprint density at radius 1 is 1.12 bits per heavy atom. The molecule has 1 aliphatic heterocycles. The lowest BCUT2D eigenvalue weighted by atomic mass is 10.0. The topological polar surface area (TPSA) is 88.9 Å². The van der Waals surface area contributed by atoms with Gasteiger partial charge in [-0.15, -0.1) is 0 Å². The molecular formula is C24H24N6O2. The molecule has 0 fully saturated rings. The van der Waals surface area contributed by atoms with Crippen LogP contribution in [0.15, 0.2) is 65.8 Å². The van der Waals surface area contributed by atoms with Gasteiger partial charge in [-0.05, 0) is 42.3 Å². The lowest BCUT2D eigenvalue weighted by Gasteiger charge is -2.28. The number of nitrogens with one attached hydrogen (secondary N) is 1. The normalized spacial score (nSPS) is 13.7. The summed E-state index contributed by atoms with van der Waals surface area (Å²) in [6, 6.07) is 13.8. The van der Waals surface area contributed by atoms with Gasteiger partial charge in [-0.3, -0.25) is 19.4 Å². The second kappa shape index (κ2) is 8.76. The molecule has 0 amide bonds. The third-order valence-corrected chi connectivity index (χ3v) is 5.70. The Balaban J connectivity index is 1.37. The maximum Gasteiger partial charge on any atom is 0.254 e. The molecule has 1 aliphatic rings. The number of hydrogen-bond donors (Lipinski definition) is 1. The second-order valence-electron chi connectivity index (χ2n) is 7.87. The summed E-state index contributed by atoms with van der Waals surface area (Å²) in [6.07, 6.45) is 6.09. The smallest absolute Gasteiger partial charge is 0.254 e. The van der Waals surface area contributed by atoms with Gasteiger partial charge in [0.1, 0.15) is 11.4 Å². The van der Waals surface area contributed by atoms with Crippen LogP contribution in [0.4, 0.5) is 0 Å². The van der Waals surface area contributed by atoms with Crippen molar-refractivity contribution in [2.24, 2.45) is 0 Å². The zero-order valence-corrected chi connectivity index (χ0v) is 17.9. The van der Waals surface area contributed by atoms with E-state index in [0.29, 0.717) is 31.0 Å². The third-order valence-electron chi connectivity index (χ3n) is 5.70. The van der Waals surface area contributed by atoms with Crippen LogP contribution in [0, 0.1) is 0 Å². The number of hydrogen-bond acceptors (Lipinski definition) is 6. The van der Waals surface area contributed by atoms with Gasteiger partial charge in [-0.25, -0.2) is 4.98 Å². The minimum Gasteiger partial charge on any atom is -0.496 e. The molecule has 5 rings (SSSR count). The maximum atomic E-state index is 12.6. The molecule has 0 spiro atoms. The highest BCUT2D eigenvalue weighted by Gasteiger charge is 2.22. The molecule has 3 aromatic heterocycles. The molecular weight excluding hydrogens is 404 g/mol. The number of aromatic nitrogens is 5. The second-order valence-corrected chi connectivity index (χ2v) is 7.87. The number of H-pyrrole nitrogens is 1. The van der Waals surface area contributed by atoms with E-state index >= 15 is 0 Å². The Bertz CT molecular complexity index is 1270. The summed E-state index contributed by atoms with van der Waals surface area (Å²) in [5.41, 5.74) is 4.47. The van der Waals surface area contributed by atoms with E-state index < -0.39 is 0 Å². The highest BCUT2D eigenvalue weighted by molar-refractivity contribution is 5.49. The molecule has 0 aliphatic carbocycles. The van der Waals surface area contributed by atoms with Crippen LogP contribution in [-0.2, 0) is 26.1 Å². The summed E-state index contributed by atoms with van der Waals surface area (Å²) in [7, 11) is 1.69. The fraction of sp³-hybridized carbons (Fsp3) is 0.250. The van der Waals surface area contributed by atoms with Gasteiger partial charge < -0.3 is 9.72 Å². The molecule has 1 N–H and O–H groups in total. The average molecular weight is 428 g/mol. The molecule has 0 radical (unpaired) electrons. The van der Waals surface area contributed by atoms with Crippen LogP contribution >= 0.6 is 0 Å². The molecule has 8 heteroatoms. The minimum absolute atomic E-state index is 0.0683. The van der Waals surface area contributed by atoms with Crippen LogP contribution in [0.25, 0.3) is 11.5 Å². The predicted molar refractivity (Wildman–Crippen MR) is 120 cm³/mol. The fourth-order valence-corrected chi connectivity index (χ4v) is 4.13. The number of fused-ring (bicyclic) bond motifs is 1. The maximum absolute atomic E-state index is 12.6. The van der Waals surface area contributed by atoms with Crippen molar-refractivity contribution in [1.29, 1.82) is 0 Å². The van der Waals surface area contributed by atoms with Gasteiger partial charge >= 0.3 is 0 Å². The van der Waals surface area contributed by atoms with Crippen molar-refractivity contribution in [3.63, 3.8) is 0 Å². The molecule has 8 nitrogen and oxygen atoms in total. The fourth-order valence-electron chi connectivity index (χ4n) is 4.13. The molecule has 162 valence electrons. The van der Waals surface area contributed by atoms with E-state index in [2.05, 4.69) is 32.1 Å². The molecule has 0 saturated heterocycles. The first kappa shape index (κ1) is 20.1. The summed E-state index contributed by atoms with van der Waals surface area (Å²) >= 11 is 0. The van der Waals surface area contributed by atoms with Crippen LogP contribution in [0.1, 0.15) is 22.4 Å². The molecule has 0 unspecified atom stereocenters. The van der Waals surface area contributed by atoms with Crippen molar-refractivity contribution in [3.8, 4) is 17.3 Å². The lowest BCUT2D eigenvalue weighted by Crippen LogP contribution is -2.35. The molecule has 0 bridgehead atoms. The Labute approximate surface area is 185 Å². The van der Waals surface area contributed by atoms with E-state index in [-0.39, 0.29) is 5.56 Å². The van der Waals surface area contributed by atoms with Gasteiger partial charge in [0.05, 0.1) is 19.3 Å². The highest BCUT2D eigenvalue weighted by atomic mass is 16.5. The number of aromatic amines is 1. The van der Waals surface area contributed by atoms with Crippen molar-refractivity contribution in [1.82, 2.24) is 29.6 Å². The van der Waals surface area contributed by atoms with E-state index in [1.54, 1.807) is 19.5 Å². The monoisotopic (exact) mass is 428 g/mol. The van der Waals surface area contributed by atoms with Crippen LogP contribution in [0.2, 0.25) is 0 Å². The molecule has 32 heavy (non-hydrogen) atoms. The van der Waals surface area contributed by atoms with Gasteiger partial charge in [0.2, 0.25) is 0 Å². The third kappa shape index (κ3) is 4.17. The summed E-state index contributed by atoms with van der Waals surface area (Å²) in [5.74, 6) is 1.36. The summed E-state index contributed by atoms with van der Waals surface area (Å²) < 4.78 is 7.43. The molecule has 0 saturated carbocycles. The standard InChI is InChI=1S/C24H24N6O2/c1-32-22-7-6-17(13-18(22)15-30-11-4-10-26-30)14-29-12-8-19-21(16-29)27-23(28-24(19)31)20-5-2-3-9-25-20/h2-7,9-11,13H,8,12,14-16H2,1H3,(H,27,28,31). The quantitative estimate of drug-likeness (QED) is 0.508. The Hall–Kier alpha value is -3.78. The summed E-state index contributed by atoms with van der Waals surface area (Å²) in [4.78, 5) is 26.9. The SMILES string of the molecule is COc1ccc(CN2CCc3c(nc(-c4ccccn4)[nH]c3=O)C2)cc1Cn1cccn1. The summed E-state index contributed by atoms with van der Waals surface area (Å²) in [6.45, 7) is 2.85. The van der Waals surface area contributed by atoms with Gasteiger partial charge in [0.25, 0.3) is 5.56 Å². The number of rotatable bonds is 6. The van der Waals surface area contributed by atoms with Crippen molar-refractivity contribution in [3.05, 3.63) is 93.8 Å². The zero-order chi connectivity index (χ0) is 21.9. The first-order valence-corrected chi connectivity index (χ1v) is 10.6. The zero-order valence-electron chi connectivity index (χ0n) is 17.9. The van der Waals surface area contributed by atoms with Gasteiger partial charge in [0, 0.05) is 49.4 Å². The minimum atomic E-state index is -0.0683. The van der Waals surface area contributed by atoms with Crippen LogP contribution in [0.5, 0.6) is 5.75 Å². The molecule has 0 atom stereocenters. The first-order valence-electron chi connectivity index (χ1n) is 10.6. The summed E-state index contributed by atoms with van der Waals surface area (Å²) in [5, 5.41) is 4.30. The van der Waals surface area contributed by atoms with E-state index in [0.717, 1.165) is 35.7 Å². The van der Waals surface area contributed by atoms with E-state index in [1.165, 1.54) is 5.56 Å². The number of nitrogens with zero attached hydrogens (tertiary/aromatic N) is 5. The van der Waals surface area contributed by atoms with E-state index in [4.69, 9.17) is 9.72 Å². The first-order chi connectivity index (χ1) is 15.7. The van der Waals surface area contributed by atoms with Crippen molar-refractivity contribution in [2.75, 3.05) is 13.7 Å². The largest absolute Gasteiger partial charge is 0.496 e. The predicted octanol–water partition coefficient (Wildman–Crippen LogP) is 2.64. The van der Waals surface area contributed by atoms with Crippen molar-refractivity contribution < 1.29 is 4.74 Å². The number of pyridine rings is 1.